The molecule has 2 aromatic carbocycles. The quantitative estimate of drug-likeness (QED) is 0.218. The van der Waals surface area contributed by atoms with Crippen LogP contribution in [0.25, 0.3) is 0 Å². The van der Waals surface area contributed by atoms with E-state index in [1.807, 2.05) is 6.92 Å². The number of sulfone groups is 1. The number of hydrogen-bond acceptors (Lipinski definition) is 4. The predicted molar refractivity (Wildman–Crippen MR) is 125 cm³/mol. The van der Waals surface area contributed by atoms with Gasteiger partial charge in [-0.3, -0.25) is 0 Å². The van der Waals surface area contributed by atoms with Crippen LogP contribution in [0.1, 0.15) is 18.1 Å². The van der Waals surface area contributed by atoms with Gasteiger partial charge in [0, 0.05) is 12.8 Å². The number of aliphatic imine (C=N–C) groups is 1. The third kappa shape index (κ3) is 9.33. The molecule has 0 bridgehead atoms. The first-order valence-electron chi connectivity index (χ1n) is 9.21. The van der Waals surface area contributed by atoms with Gasteiger partial charge in [0.15, 0.2) is 15.8 Å². The molecule has 0 atom stereocenters. The lowest BCUT2D eigenvalue weighted by Crippen LogP contribution is -2.39. The van der Waals surface area contributed by atoms with E-state index >= 15 is 0 Å². The molecule has 0 saturated heterocycles. The minimum atomic E-state index is -4.39. The lowest BCUT2D eigenvalue weighted by molar-refractivity contribution is -0.137. The van der Waals surface area contributed by atoms with Crippen LogP contribution in [-0.2, 0) is 22.6 Å². The molecule has 0 aliphatic rings. The van der Waals surface area contributed by atoms with E-state index in [0.29, 0.717) is 30.4 Å². The maximum absolute atomic E-state index is 12.8. The van der Waals surface area contributed by atoms with E-state index in [1.54, 1.807) is 18.2 Å². The van der Waals surface area contributed by atoms with Gasteiger partial charge in [-0.2, -0.15) is 13.2 Å². The van der Waals surface area contributed by atoms with Gasteiger partial charge in [0.1, 0.15) is 12.4 Å². The number of guanidine groups is 1. The largest absolute Gasteiger partial charge is 0.492 e. The van der Waals surface area contributed by atoms with Crippen LogP contribution in [0.2, 0.25) is 0 Å². The maximum Gasteiger partial charge on any atom is 0.416 e. The Morgan fingerprint density at radius 3 is 2.35 bits per heavy atom. The molecule has 0 aliphatic carbocycles. The molecule has 172 valence electrons. The van der Waals surface area contributed by atoms with Gasteiger partial charge in [-0.15, -0.1) is 24.0 Å². The third-order valence-corrected chi connectivity index (χ3v) is 5.06. The second-order valence-electron chi connectivity index (χ2n) is 6.41. The summed E-state index contributed by atoms with van der Waals surface area (Å²) < 4.78 is 66.9. The Morgan fingerprint density at radius 2 is 1.77 bits per heavy atom. The van der Waals surface area contributed by atoms with Crippen molar-refractivity contribution in [3.63, 3.8) is 0 Å². The first kappa shape index (κ1) is 27.0. The van der Waals surface area contributed by atoms with E-state index < -0.39 is 21.6 Å². The summed E-state index contributed by atoms with van der Waals surface area (Å²) >= 11 is 0. The molecule has 0 unspecified atom stereocenters. The van der Waals surface area contributed by atoms with Crippen molar-refractivity contribution in [1.29, 1.82) is 0 Å². The molecule has 2 aromatic rings. The standard InChI is InChI=1S/C20H24F3N3O3S.HI/c1-3-24-19(26-14-15-5-4-6-16(13-15)20(21,22)23)25-11-12-29-17-7-9-18(10-8-17)30(2,27)28;/h4-10,13H,3,11-12,14H2,1-2H3,(H2,24,25,26);1H. The molecular formula is C20H25F3IN3O3S. The number of benzene rings is 2. The molecule has 0 amide bonds. The Balaban J connectivity index is 0.00000480. The Morgan fingerprint density at radius 1 is 1.10 bits per heavy atom. The molecule has 2 N–H and O–H groups in total. The summed E-state index contributed by atoms with van der Waals surface area (Å²) in [5, 5.41) is 6.05. The summed E-state index contributed by atoms with van der Waals surface area (Å²) in [6, 6.07) is 11.1. The van der Waals surface area contributed by atoms with Gasteiger partial charge >= 0.3 is 6.18 Å². The SMILES string of the molecule is CCNC(=NCc1cccc(C(F)(F)F)c1)NCCOc1ccc(S(C)(=O)=O)cc1.I. The fourth-order valence-electron chi connectivity index (χ4n) is 2.48. The smallest absolute Gasteiger partial charge is 0.416 e. The summed E-state index contributed by atoms with van der Waals surface area (Å²) in [4.78, 5) is 4.51. The summed E-state index contributed by atoms with van der Waals surface area (Å²) in [6.45, 7) is 3.23. The van der Waals surface area contributed by atoms with Gasteiger partial charge in [0.05, 0.1) is 23.5 Å². The normalized spacial score (nSPS) is 12.1. The van der Waals surface area contributed by atoms with Crippen LogP contribution < -0.4 is 15.4 Å². The summed E-state index contributed by atoms with van der Waals surface area (Å²) in [5.74, 6) is 0.973. The summed E-state index contributed by atoms with van der Waals surface area (Å²) in [7, 11) is -3.26. The van der Waals surface area contributed by atoms with Crippen LogP contribution >= 0.6 is 24.0 Å². The van der Waals surface area contributed by atoms with Crippen LogP contribution in [-0.4, -0.2) is 40.3 Å². The van der Waals surface area contributed by atoms with E-state index in [1.165, 1.54) is 18.2 Å². The average Bonchev–Trinajstić information content (AvgIpc) is 2.68. The molecule has 0 saturated carbocycles. The molecule has 0 radical (unpaired) electrons. The predicted octanol–water partition coefficient (Wildman–Crippen LogP) is 3.86. The molecule has 2 rings (SSSR count). The van der Waals surface area contributed by atoms with E-state index in [2.05, 4.69) is 15.6 Å². The molecule has 6 nitrogen and oxygen atoms in total. The van der Waals surface area contributed by atoms with Crippen LogP contribution in [0.15, 0.2) is 58.4 Å². The van der Waals surface area contributed by atoms with Crippen molar-refractivity contribution < 1.29 is 26.3 Å². The number of nitrogens with one attached hydrogen (secondary N) is 2. The number of ether oxygens (including phenoxy) is 1. The van der Waals surface area contributed by atoms with Crippen molar-refractivity contribution >= 4 is 39.8 Å². The van der Waals surface area contributed by atoms with Gasteiger partial charge in [-0.1, -0.05) is 12.1 Å². The van der Waals surface area contributed by atoms with Gasteiger partial charge < -0.3 is 15.4 Å². The highest BCUT2D eigenvalue weighted by molar-refractivity contribution is 14.0. The number of rotatable bonds is 8. The molecule has 31 heavy (non-hydrogen) atoms. The highest BCUT2D eigenvalue weighted by Gasteiger charge is 2.30. The summed E-state index contributed by atoms with van der Waals surface area (Å²) in [5.41, 5.74) is -0.257. The molecule has 0 aromatic heterocycles. The molecule has 0 aliphatic heterocycles. The molecule has 0 fully saturated rings. The lowest BCUT2D eigenvalue weighted by atomic mass is 10.1. The second kappa shape index (κ2) is 12.1. The zero-order chi connectivity index (χ0) is 22.2. The van der Waals surface area contributed by atoms with E-state index in [-0.39, 0.29) is 42.0 Å². The topological polar surface area (TPSA) is 79.8 Å². The highest BCUT2D eigenvalue weighted by atomic mass is 127. The maximum atomic E-state index is 12.8. The van der Waals surface area contributed by atoms with Gasteiger partial charge in [-0.25, -0.2) is 13.4 Å². The Bertz CT molecular complexity index is 966. The fourth-order valence-corrected chi connectivity index (χ4v) is 3.11. The highest BCUT2D eigenvalue weighted by Crippen LogP contribution is 2.29. The number of alkyl halides is 3. The lowest BCUT2D eigenvalue weighted by Gasteiger charge is -2.13. The van der Waals surface area contributed by atoms with Crippen molar-refractivity contribution in [1.82, 2.24) is 10.6 Å². The Hall–Kier alpha value is -2.02. The number of hydrogen-bond donors (Lipinski definition) is 2. The first-order chi connectivity index (χ1) is 14.1. The van der Waals surface area contributed by atoms with Crippen molar-refractivity contribution in [2.45, 2.75) is 24.5 Å². The Labute approximate surface area is 197 Å². The van der Waals surface area contributed by atoms with Gasteiger partial charge in [-0.05, 0) is 48.9 Å². The van der Waals surface area contributed by atoms with Crippen LogP contribution in [0.3, 0.4) is 0 Å². The zero-order valence-corrected chi connectivity index (χ0v) is 20.2. The minimum absolute atomic E-state index is 0. The van der Waals surface area contributed by atoms with E-state index in [9.17, 15) is 21.6 Å². The molecule has 11 heteroatoms. The van der Waals surface area contributed by atoms with Crippen molar-refractivity contribution in [2.75, 3.05) is 26.0 Å². The average molecular weight is 571 g/mol. The van der Waals surface area contributed by atoms with Crippen LogP contribution in [0.5, 0.6) is 5.75 Å². The van der Waals surface area contributed by atoms with E-state index in [0.717, 1.165) is 18.4 Å². The molecular weight excluding hydrogens is 546 g/mol. The first-order valence-corrected chi connectivity index (χ1v) is 11.1. The van der Waals surface area contributed by atoms with Crippen molar-refractivity contribution in [3.05, 3.63) is 59.7 Å². The summed E-state index contributed by atoms with van der Waals surface area (Å²) in [6.07, 6.45) is -3.26. The van der Waals surface area contributed by atoms with Crippen molar-refractivity contribution in [2.24, 2.45) is 4.99 Å². The van der Waals surface area contributed by atoms with Gasteiger partial charge in [0.2, 0.25) is 0 Å². The van der Waals surface area contributed by atoms with Crippen LogP contribution in [0, 0.1) is 0 Å². The number of halogens is 4. The van der Waals surface area contributed by atoms with Gasteiger partial charge in [0.25, 0.3) is 0 Å². The third-order valence-electron chi connectivity index (χ3n) is 3.93. The fraction of sp³-hybridized carbons (Fsp3) is 0.350. The monoisotopic (exact) mass is 571 g/mol. The molecule has 0 heterocycles. The number of nitrogens with zero attached hydrogens (tertiary/aromatic N) is 1. The second-order valence-corrected chi connectivity index (χ2v) is 8.43. The zero-order valence-electron chi connectivity index (χ0n) is 17.1. The van der Waals surface area contributed by atoms with Crippen LogP contribution in [0.4, 0.5) is 13.2 Å². The van der Waals surface area contributed by atoms with Crippen molar-refractivity contribution in [3.8, 4) is 5.75 Å². The van der Waals surface area contributed by atoms with E-state index in [4.69, 9.17) is 4.74 Å². The minimum Gasteiger partial charge on any atom is -0.492 e. The Kier molecular flexibility index (Phi) is 10.6. The molecule has 0 spiro atoms.